The van der Waals surface area contributed by atoms with Gasteiger partial charge in [-0.05, 0) is 48.9 Å². The topological polar surface area (TPSA) is 90.3 Å². The van der Waals surface area contributed by atoms with Crippen LogP contribution in [0.15, 0.2) is 58.9 Å². The molecule has 1 aliphatic heterocycles. The summed E-state index contributed by atoms with van der Waals surface area (Å²) in [7, 11) is 3.19. The van der Waals surface area contributed by atoms with E-state index in [0.29, 0.717) is 33.9 Å². The smallest absolute Gasteiger partial charge is 0.255 e. The Morgan fingerprint density at radius 3 is 2.61 bits per heavy atom. The summed E-state index contributed by atoms with van der Waals surface area (Å²) in [5.41, 5.74) is 3.85. The van der Waals surface area contributed by atoms with Gasteiger partial charge >= 0.3 is 0 Å². The van der Waals surface area contributed by atoms with Crippen LogP contribution in [0.4, 0.5) is 11.6 Å². The molecule has 1 aliphatic rings. The van der Waals surface area contributed by atoms with Crippen molar-refractivity contribution < 1.29 is 14.3 Å². The predicted octanol–water partition coefficient (Wildman–Crippen LogP) is 4.64. The van der Waals surface area contributed by atoms with Crippen LogP contribution in [-0.2, 0) is 4.79 Å². The predicted molar refractivity (Wildman–Crippen MR) is 130 cm³/mol. The zero-order valence-corrected chi connectivity index (χ0v) is 20.1. The number of carbonyl (C=O) groups excluding carboxylic acids is 1. The third-order valence-electron chi connectivity index (χ3n) is 5.47. The number of nitrogens with zero attached hydrogens (tertiary/aromatic N) is 3. The molecule has 0 spiro atoms. The number of anilines is 2. The van der Waals surface area contributed by atoms with Gasteiger partial charge in [0, 0.05) is 11.4 Å². The highest BCUT2D eigenvalue weighted by Gasteiger charge is 2.35. The van der Waals surface area contributed by atoms with E-state index in [2.05, 4.69) is 22.5 Å². The van der Waals surface area contributed by atoms with Crippen molar-refractivity contribution in [3.05, 3.63) is 64.9 Å². The Morgan fingerprint density at radius 1 is 1.15 bits per heavy atom. The molecular formula is C24H27N5O3S. The van der Waals surface area contributed by atoms with Crippen LogP contribution in [0.25, 0.3) is 0 Å². The molecule has 2 heterocycles. The van der Waals surface area contributed by atoms with E-state index in [4.69, 9.17) is 14.6 Å². The van der Waals surface area contributed by atoms with Gasteiger partial charge in [0.2, 0.25) is 11.1 Å². The highest BCUT2D eigenvalue weighted by atomic mass is 32.2. The second kappa shape index (κ2) is 9.58. The third kappa shape index (κ3) is 4.41. The molecule has 3 aromatic rings. The van der Waals surface area contributed by atoms with Gasteiger partial charge in [-0.2, -0.15) is 4.98 Å². The molecule has 1 aromatic heterocycles. The van der Waals surface area contributed by atoms with Gasteiger partial charge in [-0.15, -0.1) is 5.10 Å². The van der Waals surface area contributed by atoms with Crippen molar-refractivity contribution >= 4 is 29.3 Å². The van der Waals surface area contributed by atoms with E-state index >= 15 is 0 Å². The van der Waals surface area contributed by atoms with Gasteiger partial charge in [-0.25, -0.2) is 4.68 Å². The Morgan fingerprint density at radius 2 is 1.91 bits per heavy atom. The molecule has 1 amide bonds. The summed E-state index contributed by atoms with van der Waals surface area (Å²) in [5.74, 6) is 2.42. The molecule has 0 unspecified atom stereocenters. The number of fused-ring (bicyclic) bond motifs is 1. The molecule has 0 saturated carbocycles. The number of carbonyl (C=O) groups is 1. The third-order valence-corrected chi connectivity index (χ3v) is 6.19. The molecule has 0 bridgehead atoms. The number of amides is 1. The normalized spacial score (nSPS) is 15.0. The second-order valence-electron chi connectivity index (χ2n) is 7.55. The van der Waals surface area contributed by atoms with Crippen LogP contribution in [0, 0.1) is 6.92 Å². The number of benzene rings is 2. The standard InChI is InChI=1S/C24H27N5O3S/c1-6-33-24-27-23-25-15(3)20(22(30)26-17-10-8-7-9-14(17)2)21(29(23)28-24)16-11-12-18(31-4)19(13-16)32-5/h7-13,21H,6H2,1-5H3,(H,26,30)(H,25,27,28)/t21-/m0/s1. The van der Waals surface area contributed by atoms with Crippen molar-refractivity contribution in [3.8, 4) is 11.5 Å². The monoisotopic (exact) mass is 465 g/mol. The van der Waals surface area contributed by atoms with Gasteiger partial charge in [0.25, 0.3) is 5.91 Å². The van der Waals surface area contributed by atoms with Crippen LogP contribution in [0.5, 0.6) is 11.5 Å². The van der Waals surface area contributed by atoms with Gasteiger partial charge in [-0.3, -0.25) is 4.79 Å². The van der Waals surface area contributed by atoms with E-state index < -0.39 is 6.04 Å². The number of ether oxygens (including phenoxy) is 2. The molecule has 0 radical (unpaired) electrons. The van der Waals surface area contributed by atoms with Crippen molar-refractivity contribution in [1.82, 2.24) is 14.8 Å². The minimum absolute atomic E-state index is 0.208. The van der Waals surface area contributed by atoms with Crippen molar-refractivity contribution in [2.24, 2.45) is 0 Å². The summed E-state index contributed by atoms with van der Waals surface area (Å²) < 4.78 is 12.7. The molecule has 2 N–H and O–H groups in total. The molecule has 1 atom stereocenters. The Kier molecular flexibility index (Phi) is 6.60. The average molecular weight is 466 g/mol. The fraction of sp³-hybridized carbons (Fsp3) is 0.292. The first-order chi connectivity index (χ1) is 16.0. The highest BCUT2D eigenvalue weighted by molar-refractivity contribution is 7.99. The molecular weight excluding hydrogens is 438 g/mol. The quantitative estimate of drug-likeness (QED) is 0.491. The van der Waals surface area contributed by atoms with Crippen LogP contribution < -0.4 is 20.1 Å². The van der Waals surface area contributed by atoms with Gasteiger partial charge in [0.15, 0.2) is 11.5 Å². The number of allylic oxidation sites excluding steroid dienone is 1. The van der Waals surface area contributed by atoms with Crippen molar-refractivity contribution in [2.75, 3.05) is 30.6 Å². The molecule has 4 rings (SSSR count). The first-order valence-electron chi connectivity index (χ1n) is 10.6. The Bertz CT molecular complexity index is 1220. The molecule has 2 aromatic carbocycles. The zero-order chi connectivity index (χ0) is 23.5. The number of aryl methyl sites for hydroxylation is 1. The van der Waals surface area contributed by atoms with Crippen LogP contribution in [-0.4, -0.2) is 40.6 Å². The van der Waals surface area contributed by atoms with E-state index in [-0.39, 0.29) is 5.91 Å². The van der Waals surface area contributed by atoms with E-state index in [1.54, 1.807) is 30.7 Å². The molecule has 0 fully saturated rings. The second-order valence-corrected chi connectivity index (χ2v) is 8.78. The molecule has 9 heteroatoms. The van der Waals surface area contributed by atoms with Crippen molar-refractivity contribution in [3.63, 3.8) is 0 Å². The zero-order valence-electron chi connectivity index (χ0n) is 19.3. The summed E-state index contributed by atoms with van der Waals surface area (Å²) in [6.07, 6.45) is 0. The van der Waals surface area contributed by atoms with E-state index in [0.717, 1.165) is 22.6 Å². The largest absolute Gasteiger partial charge is 0.493 e. The number of methoxy groups -OCH3 is 2. The first kappa shape index (κ1) is 22.7. The minimum Gasteiger partial charge on any atom is -0.493 e. The Labute approximate surface area is 197 Å². The first-order valence-corrected chi connectivity index (χ1v) is 11.6. The summed E-state index contributed by atoms with van der Waals surface area (Å²) >= 11 is 1.55. The molecule has 8 nitrogen and oxygen atoms in total. The summed E-state index contributed by atoms with van der Waals surface area (Å²) in [5, 5.41) is 11.7. The van der Waals surface area contributed by atoms with Gasteiger partial charge < -0.3 is 20.1 Å². The number of aromatic nitrogens is 3. The van der Waals surface area contributed by atoms with Crippen LogP contribution >= 0.6 is 11.8 Å². The maximum Gasteiger partial charge on any atom is 0.255 e. The molecule has 0 aliphatic carbocycles. The van der Waals surface area contributed by atoms with E-state index in [9.17, 15) is 4.79 Å². The lowest BCUT2D eigenvalue weighted by molar-refractivity contribution is -0.113. The van der Waals surface area contributed by atoms with Crippen molar-refractivity contribution in [2.45, 2.75) is 32.0 Å². The van der Waals surface area contributed by atoms with Gasteiger partial charge in [0.1, 0.15) is 6.04 Å². The highest BCUT2D eigenvalue weighted by Crippen LogP contribution is 2.39. The maximum atomic E-state index is 13.6. The van der Waals surface area contributed by atoms with Gasteiger partial charge in [-0.1, -0.05) is 43.0 Å². The fourth-order valence-electron chi connectivity index (χ4n) is 3.85. The lowest BCUT2D eigenvalue weighted by Gasteiger charge is -2.29. The Hall–Kier alpha value is -3.46. The number of rotatable bonds is 7. The number of hydrogen-bond donors (Lipinski definition) is 2. The van der Waals surface area contributed by atoms with Crippen molar-refractivity contribution in [1.29, 1.82) is 0 Å². The van der Waals surface area contributed by atoms with Crippen LogP contribution in [0.3, 0.4) is 0 Å². The number of hydrogen-bond acceptors (Lipinski definition) is 7. The molecule has 0 saturated heterocycles. The lowest BCUT2D eigenvalue weighted by Crippen LogP contribution is -2.31. The van der Waals surface area contributed by atoms with E-state index in [1.807, 2.05) is 56.3 Å². The summed E-state index contributed by atoms with van der Waals surface area (Å²) in [6.45, 7) is 5.89. The Balaban J connectivity index is 1.82. The molecule has 33 heavy (non-hydrogen) atoms. The average Bonchev–Trinajstić information content (AvgIpc) is 3.21. The fourth-order valence-corrected chi connectivity index (χ4v) is 4.40. The molecule has 172 valence electrons. The number of thioether (sulfide) groups is 1. The minimum atomic E-state index is -0.496. The lowest BCUT2D eigenvalue weighted by atomic mass is 9.94. The maximum absolute atomic E-state index is 13.6. The SMILES string of the molecule is CCSc1nc2n(n1)[C@@H](c1ccc(OC)c(OC)c1)C(C(=O)Nc1ccccc1C)=C(C)N2. The number of para-hydroxylation sites is 1. The van der Waals surface area contributed by atoms with Crippen LogP contribution in [0.2, 0.25) is 0 Å². The van der Waals surface area contributed by atoms with Gasteiger partial charge in [0.05, 0.1) is 19.8 Å². The van der Waals surface area contributed by atoms with Crippen LogP contribution in [0.1, 0.15) is 31.0 Å². The summed E-state index contributed by atoms with van der Waals surface area (Å²) in [4.78, 5) is 18.2. The number of nitrogens with one attached hydrogen (secondary N) is 2. The van der Waals surface area contributed by atoms with E-state index in [1.165, 1.54) is 0 Å². The summed E-state index contributed by atoms with van der Waals surface area (Å²) in [6, 6.07) is 12.8.